The summed E-state index contributed by atoms with van der Waals surface area (Å²) in [6.45, 7) is 0. The van der Waals surface area contributed by atoms with Gasteiger partial charge in [-0.3, -0.25) is 0 Å². The number of benzene rings is 2. The zero-order valence-corrected chi connectivity index (χ0v) is 15.2. The highest BCUT2D eigenvalue weighted by Gasteiger charge is 2.25. The standard InChI is InChI=1S/C12H3Br3Cl2O2/c13-4-1-7-8(3-6(4)16)18-9-2-5(14)10(15)11(17)12(9)19-7/h1-3H. The van der Waals surface area contributed by atoms with E-state index in [-0.39, 0.29) is 0 Å². The molecule has 0 saturated carbocycles. The predicted molar refractivity (Wildman–Crippen MR) is 86.2 cm³/mol. The lowest BCUT2D eigenvalue weighted by Gasteiger charge is -2.22. The first-order valence-corrected chi connectivity index (χ1v) is 8.13. The summed E-state index contributed by atoms with van der Waals surface area (Å²) in [5.41, 5.74) is 0. The largest absolute Gasteiger partial charge is 0.449 e. The molecule has 2 aromatic rings. The van der Waals surface area contributed by atoms with Crippen LogP contribution in [0.3, 0.4) is 0 Å². The summed E-state index contributed by atoms with van der Waals surface area (Å²) in [5, 5.41) is 0.995. The van der Waals surface area contributed by atoms with Gasteiger partial charge in [0, 0.05) is 27.1 Å². The summed E-state index contributed by atoms with van der Waals surface area (Å²) in [6, 6.07) is 5.21. The second-order valence-corrected chi connectivity index (χ2v) is 7.02. The Morgan fingerprint density at radius 1 is 0.789 bits per heavy atom. The van der Waals surface area contributed by atoms with Crippen molar-refractivity contribution in [1.82, 2.24) is 0 Å². The average molecular weight is 490 g/mol. The molecule has 98 valence electrons. The maximum atomic E-state index is 6.23. The number of hydrogen-bond acceptors (Lipinski definition) is 2. The molecule has 7 heteroatoms. The maximum Gasteiger partial charge on any atom is 0.189 e. The zero-order chi connectivity index (χ0) is 13.7. The molecule has 19 heavy (non-hydrogen) atoms. The van der Waals surface area contributed by atoms with E-state index in [1.807, 2.05) is 0 Å². The lowest BCUT2D eigenvalue weighted by atomic mass is 10.2. The highest BCUT2D eigenvalue weighted by atomic mass is 79.9. The Labute approximate surface area is 144 Å². The van der Waals surface area contributed by atoms with Gasteiger partial charge in [-0.15, -0.1) is 0 Å². The van der Waals surface area contributed by atoms with Crippen molar-refractivity contribution in [2.75, 3.05) is 0 Å². The second kappa shape index (κ2) is 5.11. The third-order valence-corrected chi connectivity index (χ3v) is 6.27. The van der Waals surface area contributed by atoms with E-state index >= 15 is 0 Å². The summed E-state index contributed by atoms with van der Waals surface area (Å²) in [7, 11) is 0. The van der Waals surface area contributed by atoms with Crippen molar-refractivity contribution in [2.45, 2.75) is 0 Å². The maximum absolute atomic E-state index is 6.23. The van der Waals surface area contributed by atoms with E-state index in [1.54, 1.807) is 18.2 Å². The fourth-order valence-electron chi connectivity index (χ4n) is 1.63. The first-order chi connectivity index (χ1) is 8.97. The van der Waals surface area contributed by atoms with Crippen LogP contribution in [0.25, 0.3) is 0 Å². The van der Waals surface area contributed by atoms with Crippen LogP contribution in [0.2, 0.25) is 10.0 Å². The number of ether oxygens (including phenoxy) is 2. The summed E-state index contributed by atoms with van der Waals surface area (Å²) in [4.78, 5) is 0. The predicted octanol–water partition coefficient (Wildman–Crippen LogP) is 7.18. The Bertz CT molecular complexity index is 704. The molecule has 0 saturated heterocycles. The smallest absolute Gasteiger partial charge is 0.189 e. The Kier molecular flexibility index (Phi) is 3.77. The normalized spacial score (nSPS) is 12.3. The molecule has 0 fully saturated rings. The van der Waals surface area contributed by atoms with Crippen molar-refractivity contribution < 1.29 is 9.47 Å². The van der Waals surface area contributed by atoms with E-state index in [1.165, 1.54) is 0 Å². The SMILES string of the molecule is Clc1cc2c(cc1Br)Oc1c(cc(Br)c(Br)c1Cl)O2. The summed E-state index contributed by atoms with van der Waals surface area (Å²) in [5.74, 6) is 2.11. The van der Waals surface area contributed by atoms with Gasteiger partial charge in [0.15, 0.2) is 23.0 Å². The highest BCUT2D eigenvalue weighted by Crippen LogP contribution is 2.53. The fourth-order valence-corrected chi connectivity index (χ4v) is 3.15. The zero-order valence-electron chi connectivity index (χ0n) is 8.94. The van der Waals surface area contributed by atoms with Crippen LogP contribution in [0.5, 0.6) is 23.0 Å². The molecule has 1 heterocycles. The van der Waals surface area contributed by atoms with Gasteiger partial charge < -0.3 is 9.47 Å². The third kappa shape index (κ3) is 2.40. The van der Waals surface area contributed by atoms with Crippen LogP contribution < -0.4 is 9.47 Å². The molecule has 0 radical (unpaired) electrons. The van der Waals surface area contributed by atoms with Gasteiger partial charge in [0.2, 0.25) is 0 Å². The molecule has 0 N–H and O–H groups in total. The molecular formula is C12H3Br3Cl2O2. The van der Waals surface area contributed by atoms with E-state index in [4.69, 9.17) is 32.7 Å². The Balaban J connectivity index is 2.17. The summed E-state index contributed by atoms with van der Waals surface area (Å²) in [6.07, 6.45) is 0. The minimum Gasteiger partial charge on any atom is -0.449 e. The quantitative estimate of drug-likeness (QED) is 0.311. The van der Waals surface area contributed by atoms with Crippen LogP contribution in [-0.2, 0) is 0 Å². The van der Waals surface area contributed by atoms with Crippen molar-refractivity contribution in [2.24, 2.45) is 0 Å². The first kappa shape index (κ1) is 14.0. The van der Waals surface area contributed by atoms with Gasteiger partial charge in [-0.1, -0.05) is 23.2 Å². The van der Waals surface area contributed by atoms with Gasteiger partial charge >= 0.3 is 0 Å². The van der Waals surface area contributed by atoms with Gasteiger partial charge in [0.1, 0.15) is 5.02 Å². The van der Waals surface area contributed by atoms with Crippen LogP contribution >= 0.6 is 71.0 Å². The molecule has 3 rings (SSSR count). The molecule has 1 aliphatic heterocycles. The molecule has 0 unspecified atom stereocenters. The van der Waals surface area contributed by atoms with Crippen LogP contribution in [-0.4, -0.2) is 0 Å². The molecule has 0 aliphatic carbocycles. The van der Waals surface area contributed by atoms with E-state index < -0.39 is 0 Å². The van der Waals surface area contributed by atoms with Gasteiger partial charge in [-0.05, 0) is 47.8 Å². The fraction of sp³-hybridized carbons (Fsp3) is 0. The van der Waals surface area contributed by atoms with Crippen LogP contribution in [0.1, 0.15) is 0 Å². The van der Waals surface area contributed by atoms with Gasteiger partial charge in [0.05, 0.1) is 9.50 Å². The average Bonchev–Trinajstić information content (AvgIpc) is 2.37. The van der Waals surface area contributed by atoms with E-state index in [9.17, 15) is 0 Å². The highest BCUT2D eigenvalue weighted by molar-refractivity contribution is 9.13. The van der Waals surface area contributed by atoms with Crippen molar-refractivity contribution in [3.05, 3.63) is 41.7 Å². The van der Waals surface area contributed by atoms with Crippen LogP contribution in [0.4, 0.5) is 0 Å². The Hall–Kier alpha value is 0.0600. The molecule has 0 aromatic heterocycles. The molecule has 0 bridgehead atoms. The van der Waals surface area contributed by atoms with Crippen LogP contribution in [0.15, 0.2) is 31.6 Å². The number of hydrogen-bond donors (Lipinski definition) is 0. The molecular weight excluding hydrogens is 487 g/mol. The molecule has 2 aromatic carbocycles. The monoisotopic (exact) mass is 486 g/mol. The summed E-state index contributed by atoms with van der Waals surface area (Å²) < 4.78 is 13.8. The van der Waals surface area contributed by atoms with Gasteiger partial charge in [0.25, 0.3) is 0 Å². The topological polar surface area (TPSA) is 18.5 Å². The van der Waals surface area contributed by atoms with E-state index in [0.29, 0.717) is 37.5 Å². The van der Waals surface area contributed by atoms with Crippen molar-refractivity contribution >= 4 is 71.0 Å². The van der Waals surface area contributed by atoms with E-state index in [0.717, 1.165) is 8.95 Å². The van der Waals surface area contributed by atoms with E-state index in [2.05, 4.69) is 47.8 Å². The number of halogens is 5. The van der Waals surface area contributed by atoms with Crippen molar-refractivity contribution in [3.8, 4) is 23.0 Å². The summed E-state index contributed by atoms with van der Waals surface area (Å²) >= 11 is 22.4. The Morgan fingerprint density at radius 3 is 2.16 bits per heavy atom. The number of fused-ring (bicyclic) bond motifs is 2. The molecule has 0 atom stereocenters. The van der Waals surface area contributed by atoms with Gasteiger partial charge in [-0.25, -0.2) is 0 Å². The van der Waals surface area contributed by atoms with Gasteiger partial charge in [-0.2, -0.15) is 0 Å². The van der Waals surface area contributed by atoms with Crippen LogP contribution in [0, 0.1) is 0 Å². The molecule has 2 nitrogen and oxygen atoms in total. The lowest BCUT2D eigenvalue weighted by Crippen LogP contribution is -2.00. The lowest BCUT2D eigenvalue weighted by molar-refractivity contribution is 0.359. The number of rotatable bonds is 0. The minimum atomic E-state index is 0.445. The second-order valence-electron chi connectivity index (χ2n) is 3.73. The minimum absolute atomic E-state index is 0.445. The Morgan fingerprint density at radius 2 is 1.42 bits per heavy atom. The first-order valence-electron chi connectivity index (χ1n) is 4.99. The van der Waals surface area contributed by atoms with Crippen molar-refractivity contribution in [1.29, 1.82) is 0 Å². The van der Waals surface area contributed by atoms with Crippen molar-refractivity contribution in [3.63, 3.8) is 0 Å². The molecule has 0 amide bonds. The third-order valence-electron chi connectivity index (χ3n) is 2.50. The molecule has 0 spiro atoms. The molecule has 1 aliphatic rings.